The van der Waals surface area contributed by atoms with Gasteiger partial charge in [-0.15, -0.1) is 0 Å². The molecule has 0 aliphatic carbocycles. The van der Waals surface area contributed by atoms with E-state index in [0.29, 0.717) is 23.6 Å². The van der Waals surface area contributed by atoms with Gasteiger partial charge < -0.3 is 31.7 Å². The third kappa shape index (κ3) is 4.75. The summed E-state index contributed by atoms with van der Waals surface area (Å²) >= 11 is 0. The van der Waals surface area contributed by atoms with Gasteiger partial charge in [0.1, 0.15) is 11.3 Å². The highest BCUT2D eigenvalue weighted by molar-refractivity contribution is 6.03. The van der Waals surface area contributed by atoms with E-state index in [4.69, 9.17) is 10.5 Å². The van der Waals surface area contributed by atoms with E-state index in [1.165, 1.54) is 0 Å². The first-order chi connectivity index (χ1) is 13.0. The number of hydrogen-bond donors (Lipinski definition) is 5. The highest BCUT2D eigenvalue weighted by Crippen LogP contribution is 2.38. The van der Waals surface area contributed by atoms with Crippen LogP contribution in [0.2, 0.25) is 0 Å². The standard InChI is InChI=1S/C20H29N5O2/c1-5-6-10-27-17-9-7-8-14(18(17)20(21)26)25-19-15(23-3)11-13(22-2)12-16(19)24-4/h7-9,11-12,22-25H,5-6,10H2,1-4H3,(H2,21,26). The van der Waals surface area contributed by atoms with Gasteiger partial charge >= 0.3 is 0 Å². The summed E-state index contributed by atoms with van der Waals surface area (Å²) < 4.78 is 5.78. The van der Waals surface area contributed by atoms with E-state index >= 15 is 0 Å². The van der Waals surface area contributed by atoms with Crippen LogP contribution in [-0.2, 0) is 0 Å². The summed E-state index contributed by atoms with van der Waals surface area (Å²) in [4.78, 5) is 12.1. The van der Waals surface area contributed by atoms with Gasteiger partial charge in [0, 0.05) is 26.8 Å². The zero-order valence-electron chi connectivity index (χ0n) is 16.4. The highest BCUT2D eigenvalue weighted by atomic mass is 16.5. The monoisotopic (exact) mass is 371 g/mol. The number of hydrogen-bond acceptors (Lipinski definition) is 6. The van der Waals surface area contributed by atoms with Crippen molar-refractivity contribution in [3.05, 3.63) is 35.9 Å². The Hall–Kier alpha value is -3.09. The second-order valence-electron chi connectivity index (χ2n) is 6.07. The predicted molar refractivity (Wildman–Crippen MR) is 114 cm³/mol. The first kappa shape index (κ1) is 20.2. The topological polar surface area (TPSA) is 100 Å². The average Bonchev–Trinajstić information content (AvgIpc) is 2.68. The normalized spacial score (nSPS) is 10.2. The van der Waals surface area contributed by atoms with Crippen LogP contribution < -0.4 is 31.7 Å². The van der Waals surface area contributed by atoms with Gasteiger partial charge in [-0.25, -0.2) is 0 Å². The maximum absolute atomic E-state index is 12.1. The van der Waals surface area contributed by atoms with Crippen LogP contribution in [0.4, 0.5) is 28.4 Å². The summed E-state index contributed by atoms with van der Waals surface area (Å²) in [5.74, 6) is -0.0433. The fourth-order valence-corrected chi connectivity index (χ4v) is 2.79. The molecule has 0 unspecified atom stereocenters. The maximum Gasteiger partial charge on any atom is 0.254 e. The van der Waals surface area contributed by atoms with Crippen molar-refractivity contribution in [3.63, 3.8) is 0 Å². The number of unbranched alkanes of at least 4 members (excludes halogenated alkanes) is 1. The molecule has 146 valence electrons. The molecule has 0 aromatic heterocycles. The third-order valence-electron chi connectivity index (χ3n) is 4.25. The van der Waals surface area contributed by atoms with E-state index in [0.717, 1.165) is 35.6 Å². The number of rotatable bonds is 10. The Bertz CT molecular complexity index is 767. The Morgan fingerprint density at radius 2 is 1.70 bits per heavy atom. The highest BCUT2D eigenvalue weighted by Gasteiger charge is 2.18. The minimum atomic E-state index is -0.534. The van der Waals surface area contributed by atoms with Crippen LogP contribution in [0.1, 0.15) is 30.1 Å². The van der Waals surface area contributed by atoms with Crippen LogP contribution in [0.3, 0.4) is 0 Å². The maximum atomic E-state index is 12.1. The van der Waals surface area contributed by atoms with E-state index in [1.807, 2.05) is 45.4 Å². The molecule has 1 amide bonds. The number of carbonyl (C=O) groups is 1. The molecule has 7 nitrogen and oxygen atoms in total. The van der Waals surface area contributed by atoms with Crippen LogP contribution in [-0.4, -0.2) is 33.7 Å². The minimum absolute atomic E-state index is 0.343. The predicted octanol–water partition coefficient (Wildman–Crippen LogP) is 3.83. The molecule has 2 rings (SSSR count). The average molecular weight is 371 g/mol. The lowest BCUT2D eigenvalue weighted by Gasteiger charge is -2.20. The molecule has 6 N–H and O–H groups in total. The Morgan fingerprint density at radius 1 is 1.04 bits per heavy atom. The number of benzene rings is 2. The molecule has 0 fully saturated rings. The van der Waals surface area contributed by atoms with Gasteiger partial charge in [-0.1, -0.05) is 19.4 Å². The molecule has 0 bridgehead atoms. The molecule has 0 saturated carbocycles. The van der Waals surface area contributed by atoms with Crippen molar-refractivity contribution in [3.8, 4) is 5.75 Å². The number of amides is 1. The lowest BCUT2D eigenvalue weighted by atomic mass is 10.1. The van der Waals surface area contributed by atoms with Gasteiger partial charge in [-0.2, -0.15) is 0 Å². The van der Waals surface area contributed by atoms with Gasteiger partial charge in [0.15, 0.2) is 0 Å². The summed E-state index contributed by atoms with van der Waals surface area (Å²) in [7, 11) is 5.56. The van der Waals surface area contributed by atoms with Gasteiger partial charge in [-0.3, -0.25) is 4.79 Å². The second kappa shape index (κ2) is 9.56. The third-order valence-corrected chi connectivity index (χ3v) is 4.25. The zero-order valence-corrected chi connectivity index (χ0v) is 16.4. The lowest BCUT2D eigenvalue weighted by Crippen LogP contribution is -2.16. The molecule has 27 heavy (non-hydrogen) atoms. The molecule has 0 spiro atoms. The van der Waals surface area contributed by atoms with Crippen molar-refractivity contribution >= 4 is 34.3 Å². The molecule has 0 aliphatic heterocycles. The van der Waals surface area contributed by atoms with Crippen molar-refractivity contribution in [2.24, 2.45) is 5.73 Å². The van der Waals surface area contributed by atoms with Crippen LogP contribution >= 0.6 is 0 Å². The molecule has 0 saturated heterocycles. The second-order valence-corrected chi connectivity index (χ2v) is 6.07. The van der Waals surface area contributed by atoms with Crippen molar-refractivity contribution in [1.82, 2.24) is 0 Å². The van der Waals surface area contributed by atoms with E-state index in [1.54, 1.807) is 6.07 Å². The summed E-state index contributed by atoms with van der Waals surface area (Å²) in [6.45, 7) is 2.63. The Balaban J connectivity index is 2.48. The van der Waals surface area contributed by atoms with Crippen LogP contribution in [0.15, 0.2) is 30.3 Å². The molecular weight excluding hydrogens is 342 g/mol. The molecule has 0 heterocycles. The van der Waals surface area contributed by atoms with Gasteiger partial charge in [0.2, 0.25) is 0 Å². The van der Waals surface area contributed by atoms with Crippen molar-refractivity contribution in [1.29, 1.82) is 0 Å². The van der Waals surface area contributed by atoms with Crippen LogP contribution in [0, 0.1) is 0 Å². The Labute approximate surface area is 160 Å². The number of anilines is 5. The van der Waals surface area contributed by atoms with E-state index < -0.39 is 5.91 Å². The van der Waals surface area contributed by atoms with Crippen molar-refractivity contribution in [2.45, 2.75) is 19.8 Å². The molecule has 0 radical (unpaired) electrons. The molecular formula is C20H29N5O2. The first-order valence-electron chi connectivity index (χ1n) is 9.09. The molecule has 2 aromatic rings. The number of carbonyl (C=O) groups excluding carboxylic acids is 1. The minimum Gasteiger partial charge on any atom is -0.493 e. The van der Waals surface area contributed by atoms with E-state index in [-0.39, 0.29) is 0 Å². The van der Waals surface area contributed by atoms with Gasteiger partial charge in [0.25, 0.3) is 5.91 Å². The fourth-order valence-electron chi connectivity index (χ4n) is 2.79. The summed E-state index contributed by atoms with van der Waals surface area (Å²) in [6.07, 6.45) is 1.92. The number of nitrogens with two attached hydrogens (primary N) is 1. The fraction of sp³-hybridized carbons (Fsp3) is 0.350. The van der Waals surface area contributed by atoms with Gasteiger partial charge in [-0.05, 0) is 30.7 Å². The van der Waals surface area contributed by atoms with Crippen molar-refractivity contribution in [2.75, 3.05) is 49.0 Å². The summed E-state index contributed by atoms with van der Waals surface area (Å²) in [5, 5.41) is 12.8. The largest absolute Gasteiger partial charge is 0.493 e. The van der Waals surface area contributed by atoms with E-state index in [9.17, 15) is 4.79 Å². The SMILES string of the molecule is CCCCOc1cccc(Nc2c(NC)cc(NC)cc2NC)c1C(N)=O. The van der Waals surface area contributed by atoms with Gasteiger partial charge in [0.05, 0.1) is 29.4 Å². The number of primary amides is 1. The summed E-state index contributed by atoms with van der Waals surface area (Å²) in [6, 6.07) is 9.39. The Morgan fingerprint density at radius 3 is 2.22 bits per heavy atom. The number of nitrogens with one attached hydrogen (secondary N) is 4. The summed E-state index contributed by atoms with van der Waals surface area (Å²) in [5.41, 5.74) is 10.1. The lowest BCUT2D eigenvalue weighted by molar-refractivity contribution is 0.0997. The van der Waals surface area contributed by atoms with E-state index in [2.05, 4.69) is 28.2 Å². The van der Waals surface area contributed by atoms with Crippen LogP contribution in [0.25, 0.3) is 0 Å². The molecule has 7 heteroatoms. The molecule has 0 aliphatic rings. The van der Waals surface area contributed by atoms with Crippen molar-refractivity contribution < 1.29 is 9.53 Å². The first-order valence-corrected chi connectivity index (χ1v) is 9.09. The molecule has 2 aromatic carbocycles. The number of ether oxygens (including phenoxy) is 1. The quantitative estimate of drug-likeness (QED) is 0.407. The smallest absolute Gasteiger partial charge is 0.254 e. The zero-order chi connectivity index (χ0) is 19.8. The van der Waals surface area contributed by atoms with Crippen LogP contribution in [0.5, 0.6) is 5.75 Å². The Kier molecular flexibility index (Phi) is 7.16. The molecule has 0 atom stereocenters.